The molecule has 0 aromatic heterocycles. The van der Waals surface area contributed by atoms with Crippen molar-refractivity contribution in [2.24, 2.45) is 11.7 Å². The fourth-order valence-corrected chi connectivity index (χ4v) is 4.18. The quantitative estimate of drug-likeness (QED) is 0.522. The van der Waals surface area contributed by atoms with E-state index in [1.807, 2.05) is 41.3 Å². The first-order valence-electron chi connectivity index (χ1n) is 12.0. The Labute approximate surface area is 202 Å². The van der Waals surface area contributed by atoms with Crippen molar-refractivity contribution < 1.29 is 23.8 Å². The van der Waals surface area contributed by atoms with Gasteiger partial charge in [-0.3, -0.25) is 9.59 Å². The molecule has 0 heterocycles. The largest absolute Gasteiger partial charge is 0.493 e. The summed E-state index contributed by atoms with van der Waals surface area (Å²) in [6.45, 7) is 5.02. The predicted molar refractivity (Wildman–Crippen MR) is 131 cm³/mol. The Balaban J connectivity index is 1.83. The molecule has 2 N–H and O–H groups in total. The fourth-order valence-electron chi connectivity index (χ4n) is 4.18. The maximum atomic E-state index is 13.7. The van der Waals surface area contributed by atoms with E-state index in [-0.39, 0.29) is 18.6 Å². The zero-order valence-corrected chi connectivity index (χ0v) is 20.4. The summed E-state index contributed by atoms with van der Waals surface area (Å²) in [6.07, 6.45) is 5.43. The lowest BCUT2D eigenvalue weighted by Gasteiger charge is -2.35. The Morgan fingerprint density at radius 3 is 2.47 bits per heavy atom. The van der Waals surface area contributed by atoms with Gasteiger partial charge in [0, 0.05) is 18.2 Å². The van der Waals surface area contributed by atoms with E-state index in [1.165, 1.54) is 6.42 Å². The number of primary amides is 1. The van der Waals surface area contributed by atoms with E-state index < -0.39 is 5.91 Å². The van der Waals surface area contributed by atoms with Gasteiger partial charge in [0.05, 0.1) is 13.7 Å². The van der Waals surface area contributed by atoms with Gasteiger partial charge in [0.2, 0.25) is 0 Å². The Bertz CT molecular complexity index is 969. The van der Waals surface area contributed by atoms with Crippen molar-refractivity contribution in [1.82, 2.24) is 4.90 Å². The van der Waals surface area contributed by atoms with Crippen LogP contribution in [0.25, 0.3) is 0 Å². The molecule has 3 rings (SSSR count). The number of benzene rings is 2. The van der Waals surface area contributed by atoms with Gasteiger partial charge in [-0.2, -0.15) is 0 Å². The van der Waals surface area contributed by atoms with Crippen molar-refractivity contribution in [3.63, 3.8) is 0 Å². The maximum Gasteiger partial charge on any atom is 0.255 e. The lowest BCUT2D eigenvalue weighted by molar-refractivity contribution is -0.119. The van der Waals surface area contributed by atoms with Crippen LogP contribution in [-0.2, 0) is 11.3 Å². The maximum absolute atomic E-state index is 13.7. The third-order valence-corrected chi connectivity index (χ3v) is 5.89. The number of carbonyl (C=O) groups excluding carboxylic acids is 2. The monoisotopic (exact) mass is 468 g/mol. The number of ether oxygens (including phenoxy) is 3. The molecule has 0 atom stereocenters. The van der Waals surface area contributed by atoms with E-state index in [1.54, 1.807) is 13.2 Å². The molecule has 7 nitrogen and oxygen atoms in total. The van der Waals surface area contributed by atoms with Crippen LogP contribution in [0.15, 0.2) is 42.5 Å². The summed E-state index contributed by atoms with van der Waals surface area (Å²) in [5.74, 6) is 1.49. The van der Waals surface area contributed by atoms with E-state index in [0.717, 1.165) is 31.2 Å². The molecule has 0 bridgehead atoms. The lowest BCUT2D eigenvalue weighted by Crippen LogP contribution is -2.41. The van der Waals surface area contributed by atoms with Crippen LogP contribution in [-0.4, -0.2) is 43.1 Å². The molecule has 7 heteroatoms. The minimum absolute atomic E-state index is 0.00470. The van der Waals surface area contributed by atoms with Crippen LogP contribution in [0.1, 0.15) is 61.9 Å². The third kappa shape index (κ3) is 7.14. The van der Waals surface area contributed by atoms with Crippen molar-refractivity contribution >= 4 is 11.8 Å². The predicted octanol–water partition coefficient (Wildman–Crippen LogP) is 4.57. The van der Waals surface area contributed by atoms with Gasteiger partial charge >= 0.3 is 0 Å². The van der Waals surface area contributed by atoms with Crippen molar-refractivity contribution in [1.29, 1.82) is 0 Å². The highest BCUT2D eigenvalue weighted by Gasteiger charge is 2.27. The molecular formula is C27H36N2O5. The number of hydrogen-bond donors (Lipinski definition) is 1. The molecule has 0 saturated heterocycles. The Kier molecular flexibility index (Phi) is 9.19. The topological polar surface area (TPSA) is 91.1 Å². The molecule has 2 amide bonds. The van der Waals surface area contributed by atoms with Crippen LogP contribution in [0.3, 0.4) is 0 Å². The second-order valence-corrected chi connectivity index (χ2v) is 9.20. The van der Waals surface area contributed by atoms with Crippen LogP contribution < -0.4 is 19.9 Å². The lowest BCUT2D eigenvalue weighted by atomic mass is 9.93. The second kappa shape index (κ2) is 12.3. The number of methoxy groups -OCH3 is 1. The van der Waals surface area contributed by atoms with Crippen molar-refractivity contribution in [2.75, 3.05) is 20.3 Å². The fraction of sp³-hybridized carbons (Fsp3) is 0.481. The summed E-state index contributed by atoms with van der Waals surface area (Å²) in [4.78, 5) is 26.7. The number of nitrogens with two attached hydrogens (primary N) is 1. The van der Waals surface area contributed by atoms with Gasteiger partial charge in [0.1, 0.15) is 5.75 Å². The van der Waals surface area contributed by atoms with Crippen molar-refractivity contribution in [2.45, 2.75) is 58.5 Å². The van der Waals surface area contributed by atoms with Crippen LogP contribution in [0.5, 0.6) is 17.2 Å². The highest BCUT2D eigenvalue weighted by molar-refractivity contribution is 5.94. The van der Waals surface area contributed by atoms with E-state index in [2.05, 4.69) is 13.8 Å². The van der Waals surface area contributed by atoms with Gasteiger partial charge in [-0.25, -0.2) is 0 Å². The third-order valence-electron chi connectivity index (χ3n) is 5.89. The Morgan fingerprint density at radius 1 is 1.03 bits per heavy atom. The molecule has 0 aliphatic heterocycles. The zero-order chi connectivity index (χ0) is 24.5. The average molecular weight is 469 g/mol. The van der Waals surface area contributed by atoms with Gasteiger partial charge in [0.15, 0.2) is 18.1 Å². The molecule has 2 aromatic carbocycles. The molecule has 184 valence electrons. The van der Waals surface area contributed by atoms with Gasteiger partial charge < -0.3 is 24.8 Å². The average Bonchev–Trinajstić information content (AvgIpc) is 2.85. The highest BCUT2D eigenvalue weighted by atomic mass is 16.5. The summed E-state index contributed by atoms with van der Waals surface area (Å²) in [5.41, 5.74) is 6.74. The van der Waals surface area contributed by atoms with Crippen LogP contribution in [0.4, 0.5) is 0 Å². The van der Waals surface area contributed by atoms with E-state index in [0.29, 0.717) is 41.9 Å². The van der Waals surface area contributed by atoms with Crippen molar-refractivity contribution in [3.8, 4) is 17.2 Å². The molecule has 1 fully saturated rings. The molecular weight excluding hydrogens is 432 g/mol. The smallest absolute Gasteiger partial charge is 0.255 e. The van der Waals surface area contributed by atoms with E-state index in [9.17, 15) is 9.59 Å². The highest BCUT2D eigenvalue weighted by Crippen LogP contribution is 2.31. The normalized spacial score (nSPS) is 14.0. The molecule has 0 radical (unpaired) electrons. The number of nitrogens with zero attached hydrogens (tertiary/aromatic N) is 1. The number of rotatable bonds is 11. The van der Waals surface area contributed by atoms with Crippen LogP contribution in [0, 0.1) is 5.92 Å². The van der Waals surface area contributed by atoms with Crippen LogP contribution in [0.2, 0.25) is 0 Å². The standard InChI is InChI=1S/C27H36N2O5/c1-19(2)17-33-23-11-7-8-21(15-23)27(31)29(22-9-5-4-6-10-22)16-20-12-13-24(25(14-20)32-3)34-18-26(28)30/h7-8,11-15,19,22H,4-6,9-10,16-18H2,1-3H3,(H2,28,30). The van der Waals surface area contributed by atoms with E-state index >= 15 is 0 Å². The van der Waals surface area contributed by atoms with Gasteiger partial charge in [-0.1, -0.05) is 45.2 Å². The molecule has 0 spiro atoms. The summed E-state index contributed by atoms with van der Waals surface area (Å²) in [7, 11) is 1.54. The first-order chi connectivity index (χ1) is 16.4. The summed E-state index contributed by atoms with van der Waals surface area (Å²) in [6, 6.07) is 13.1. The Morgan fingerprint density at radius 2 is 1.79 bits per heavy atom. The first kappa shape index (κ1) is 25.4. The number of carbonyl (C=O) groups is 2. The molecule has 1 aliphatic rings. The van der Waals surface area contributed by atoms with Crippen molar-refractivity contribution in [3.05, 3.63) is 53.6 Å². The van der Waals surface area contributed by atoms with Gasteiger partial charge in [-0.15, -0.1) is 0 Å². The summed E-state index contributed by atoms with van der Waals surface area (Å²) in [5, 5.41) is 0. The molecule has 0 unspecified atom stereocenters. The van der Waals surface area contributed by atoms with E-state index in [4.69, 9.17) is 19.9 Å². The molecule has 34 heavy (non-hydrogen) atoms. The molecule has 1 saturated carbocycles. The van der Waals surface area contributed by atoms with Gasteiger partial charge in [-0.05, 0) is 54.7 Å². The number of hydrogen-bond acceptors (Lipinski definition) is 5. The first-order valence-corrected chi connectivity index (χ1v) is 12.0. The number of amides is 2. The van der Waals surface area contributed by atoms with Crippen LogP contribution >= 0.6 is 0 Å². The minimum atomic E-state index is -0.556. The second-order valence-electron chi connectivity index (χ2n) is 9.20. The summed E-state index contributed by atoms with van der Waals surface area (Å²) >= 11 is 0. The summed E-state index contributed by atoms with van der Waals surface area (Å²) < 4.78 is 16.7. The molecule has 2 aromatic rings. The molecule has 1 aliphatic carbocycles. The Hall–Kier alpha value is -3.22. The van der Waals surface area contributed by atoms with Gasteiger partial charge in [0.25, 0.3) is 11.8 Å². The minimum Gasteiger partial charge on any atom is -0.493 e. The SMILES string of the molecule is COc1cc(CN(C(=O)c2cccc(OCC(C)C)c2)C2CCCCC2)ccc1OCC(N)=O. The zero-order valence-electron chi connectivity index (χ0n) is 20.4.